The molecule has 1 rings (SSSR count). The molecule has 19 heavy (non-hydrogen) atoms. The number of nitro benzene ring substituents is 1. The normalized spacial score (nSPS) is 11.0. The summed E-state index contributed by atoms with van der Waals surface area (Å²) in [5.41, 5.74) is -2.28. The highest BCUT2D eigenvalue weighted by molar-refractivity contribution is 5.85. The van der Waals surface area contributed by atoms with Crippen molar-refractivity contribution >= 4 is 17.5 Å². The molecule has 0 saturated heterocycles. The number of nitrogens with zero attached hydrogens (tertiary/aromatic N) is 1. The summed E-state index contributed by atoms with van der Waals surface area (Å²) in [5, 5.41) is 12.5. The number of nitrogens with one attached hydrogen (secondary N) is 1. The lowest BCUT2D eigenvalue weighted by Crippen LogP contribution is -2.27. The van der Waals surface area contributed by atoms with Crippen LogP contribution in [-0.2, 0) is 4.74 Å². The molecule has 0 saturated carbocycles. The van der Waals surface area contributed by atoms with Crippen LogP contribution in [0.25, 0.3) is 0 Å². The van der Waals surface area contributed by atoms with Crippen molar-refractivity contribution in [2.24, 2.45) is 0 Å². The number of rotatable bonds is 2. The van der Waals surface area contributed by atoms with E-state index in [9.17, 15) is 23.7 Å². The van der Waals surface area contributed by atoms with Crippen LogP contribution in [0.15, 0.2) is 12.1 Å². The van der Waals surface area contributed by atoms with Gasteiger partial charge in [-0.15, -0.1) is 0 Å². The standard InChI is InChI=1S/C11H12F2N2O4/c1-11(2,3)19-10(16)14-8-5-9(15(17)18)7(13)4-6(8)12/h4-5H,1-3H3,(H,14,16). The summed E-state index contributed by atoms with van der Waals surface area (Å²) in [6.45, 7) is 4.78. The van der Waals surface area contributed by atoms with Crippen LogP contribution in [-0.4, -0.2) is 16.6 Å². The van der Waals surface area contributed by atoms with E-state index in [0.29, 0.717) is 12.1 Å². The number of carbonyl (C=O) groups excluding carboxylic acids is 1. The van der Waals surface area contributed by atoms with Crippen molar-refractivity contribution in [3.63, 3.8) is 0 Å². The number of amides is 1. The molecule has 1 aromatic rings. The van der Waals surface area contributed by atoms with E-state index in [1.165, 1.54) is 0 Å². The second kappa shape index (κ2) is 5.17. The van der Waals surface area contributed by atoms with Gasteiger partial charge in [0.2, 0.25) is 5.82 Å². The molecule has 0 unspecified atom stereocenters. The van der Waals surface area contributed by atoms with Crippen LogP contribution in [0, 0.1) is 21.7 Å². The van der Waals surface area contributed by atoms with Gasteiger partial charge in [-0.05, 0) is 20.8 Å². The van der Waals surface area contributed by atoms with E-state index >= 15 is 0 Å². The molecular weight excluding hydrogens is 262 g/mol. The van der Waals surface area contributed by atoms with Gasteiger partial charge in [-0.3, -0.25) is 15.4 Å². The highest BCUT2D eigenvalue weighted by Crippen LogP contribution is 2.25. The zero-order chi connectivity index (χ0) is 14.8. The van der Waals surface area contributed by atoms with Gasteiger partial charge in [0.1, 0.15) is 11.4 Å². The first-order valence-corrected chi connectivity index (χ1v) is 5.23. The van der Waals surface area contributed by atoms with Gasteiger partial charge in [-0.2, -0.15) is 4.39 Å². The molecule has 0 aromatic heterocycles. The van der Waals surface area contributed by atoms with Crippen molar-refractivity contribution in [2.75, 3.05) is 5.32 Å². The van der Waals surface area contributed by atoms with Crippen LogP contribution in [0.4, 0.5) is 25.0 Å². The Hall–Kier alpha value is -2.25. The summed E-state index contributed by atoms with van der Waals surface area (Å²) >= 11 is 0. The fourth-order valence-electron chi connectivity index (χ4n) is 1.19. The maximum atomic E-state index is 13.4. The van der Waals surface area contributed by atoms with Crippen LogP contribution >= 0.6 is 0 Å². The minimum atomic E-state index is -1.32. The number of ether oxygens (including phenoxy) is 1. The van der Waals surface area contributed by atoms with Crippen molar-refractivity contribution in [3.8, 4) is 0 Å². The maximum Gasteiger partial charge on any atom is 0.412 e. The Labute approximate surface area is 107 Å². The Morgan fingerprint density at radius 3 is 2.37 bits per heavy atom. The highest BCUT2D eigenvalue weighted by atomic mass is 19.1. The first-order valence-electron chi connectivity index (χ1n) is 5.23. The molecule has 104 valence electrons. The largest absolute Gasteiger partial charge is 0.444 e. The van der Waals surface area contributed by atoms with Gasteiger partial charge >= 0.3 is 11.8 Å². The number of anilines is 1. The van der Waals surface area contributed by atoms with Crippen LogP contribution in [0.1, 0.15) is 20.8 Å². The lowest BCUT2D eigenvalue weighted by molar-refractivity contribution is -0.387. The molecule has 0 radical (unpaired) electrons. The zero-order valence-corrected chi connectivity index (χ0v) is 10.5. The summed E-state index contributed by atoms with van der Waals surface area (Å²) < 4.78 is 31.3. The SMILES string of the molecule is CC(C)(C)OC(=O)Nc1cc([N+](=O)[O-])c(F)cc1F. The van der Waals surface area contributed by atoms with E-state index in [1.54, 1.807) is 20.8 Å². The number of hydrogen-bond acceptors (Lipinski definition) is 4. The van der Waals surface area contributed by atoms with Crippen LogP contribution in [0.2, 0.25) is 0 Å². The van der Waals surface area contributed by atoms with Gasteiger partial charge in [-0.1, -0.05) is 0 Å². The second-order valence-electron chi connectivity index (χ2n) is 4.67. The third-order valence-electron chi connectivity index (χ3n) is 1.87. The van der Waals surface area contributed by atoms with Crippen molar-refractivity contribution in [2.45, 2.75) is 26.4 Å². The Kier molecular flexibility index (Phi) is 4.03. The summed E-state index contributed by atoms with van der Waals surface area (Å²) in [6, 6.07) is 0.916. The second-order valence-corrected chi connectivity index (χ2v) is 4.67. The summed E-state index contributed by atoms with van der Waals surface area (Å²) in [4.78, 5) is 20.9. The fraction of sp³-hybridized carbons (Fsp3) is 0.364. The molecule has 1 amide bonds. The predicted molar refractivity (Wildman–Crippen MR) is 62.9 cm³/mol. The minimum absolute atomic E-state index is 0.324. The van der Waals surface area contributed by atoms with E-state index in [4.69, 9.17) is 4.74 Å². The molecule has 0 heterocycles. The lowest BCUT2D eigenvalue weighted by atomic mass is 10.2. The molecule has 6 nitrogen and oxygen atoms in total. The molecule has 0 fully saturated rings. The first kappa shape index (κ1) is 14.8. The molecule has 0 aliphatic carbocycles. The van der Waals surface area contributed by atoms with Gasteiger partial charge in [0.05, 0.1) is 10.6 Å². The van der Waals surface area contributed by atoms with Gasteiger partial charge in [0.25, 0.3) is 0 Å². The first-order chi connectivity index (χ1) is 8.60. The highest BCUT2D eigenvalue weighted by Gasteiger charge is 2.22. The van der Waals surface area contributed by atoms with Gasteiger partial charge in [0.15, 0.2) is 0 Å². The third kappa shape index (κ3) is 4.16. The van der Waals surface area contributed by atoms with Crippen LogP contribution < -0.4 is 5.32 Å². The fourth-order valence-corrected chi connectivity index (χ4v) is 1.19. The van der Waals surface area contributed by atoms with E-state index in [0.717, 1.165) is 0 Å². The lowest BCUT2D eigenvalue weighted by Gasteiger charge is -2.19. The molecular formula is C11H12F2N2O4. The van der Waals surface area contributed by atoms with E-state index in [1.807, 2.05) is 5.32 Å². The van der Waals surface area contributed by atoms with Crippen molar-refractivity contribution in [1.82, 2.24) is 0 Å². The van der Waals surface area contributed by atoms with Gasteiger partial charge < -0.3 is 4.74 Å². The van der Waals surface area contributed by atoms with Crippen LogP contribution in [0.5, 0.6) is 0 Å². The van der Waals surface area contributed by atoms with Crippen LogP contribution in [0.3, 0.4) is 0 Å². The molecule has 0 bridgehead atoms. The number of carbonyl (C=O) groups is 1. The average molecular weight is 274 g/mol. The number of halogens is 2. The summed E-state index contributed by atoms with van der Waals surface area (Å²) in [5.74, 6) is -2.45. The third-order valence-corrected chi connectivity index (χ3v) is 1.87. The number of nitro groups is 1. The maximum absolute atomic E-state index is 13.4. The smallest absolute Gasteiger partial charge is 0.412 e. The van der Waals surface area contributed by atoms with E-state index in [2.05, 4.69) is 0 Å². The minimum Gasteiger partial charge on any atom is -0.444 e. The number of benzene rings is 1. The monoisotopic (exact) mass is 274 g/mol. The summed E-state index contributed by atoms with van der Waals surface area (Å²) in [7, 11) is 0. The Morgan fingerprint density at radius 2 is 1.89 bits per heavy atom. The predicted octanol–water partition coefficient (Wildman–Crippen LogP) is 3.22. The Balaban J connectivity index is 2.99. The molecule has 0 spiro atoms. The topological polar surface area (TPSA) is 81.5 Å². The number of hydrogen-bond donors (Lipinski definition) is 1. The molecule has 1 N–H and O–H groups in total. The Bertz CT molecular complexity index is 526. The van der Waals surface area contributed by atoms with E-state index in [-0.39, 0.29) is 0 Å². The average Bonchev–Trinajstić information content (AvgIpc) is 2.18. The Morgan fingerprint density at radius 1 is 1.32 bits per heavy atom. The molecule has 0 aliphatic heterocycles. The van der Waals surface area contributed by atoms with Gasteiger partial charge in [0, 0.05) is 12.1 Å². The van der Waals surface area contributed by atoms with Gasteiger partial charge in [-0.25, -0.2) is 9.18 Å². The van der Waals surface area contributed by atoms with Crippen molar-refractivity contribution in [3.05, 3.63) is 33.9 Å². The quantitative estimate of drug-likeness (QED) is 0.663. The summed E-state index contributed by atoms with van der Waals surface area (Å²) in [6.07, 6.45) is -0.993. The molecule has 0 aliphatic rings. The van der Waals surface area contributed by atoms with E-state index < -0.39 is 39.6 Å². The zero-order valence-electron chi connectivity index (χ0n) is 10.5. The molecule has 8 heteroatoms. The molecule has 1 aromatic carbocycles. The molecule has 0 atom stereocenters. The van der Waals surface area contributed by atoms with Crippen molar-refractivity contribution < 1.29 is 23.2 Å². The van der Waals surface area contributed by atoms with Crippen molar-refractivity contribution in [1.29, 1.82) is 0 Å².